The van der Waals surface area contributed by atoms with Gasteiger partial charge in [-0.3, -0.25) is 4.79 Å². The summed E-state index contributed by atoms with van der Waals surface area (Å²) in [6.45, 7) is 7.99. The summed E-state index contributed by atoms with van der Waals surface area (Å²) in [5.74, 6) is 0.889. The van der Waals surface area contributed by atoms with E-state index in [9.17, 15) is 4.79 Å². The van der Waals surface area contributed by atoms with E-state index < -0.39 is 6.04 Å². The molecule has 0 aromatic heterocycles. The van der Waals surface area contributed by atoms with Crippen LogP contribution in [0.15, 0.2) is 0 Å². The van der Waals surface area contributed by atoms with Gasteiger partial charge in [0.25, 0.3) is 0 Å². The SMILES string of the molecule is C[C](C)COC(=O)C(N)C(C)C. The molecule has 0 aliphatic rings. The molecule has 0 spiro atoms. The smallest absolute Gasteiger partial charge is 0.323 e. The summed E-state index contributed by atoms with van der Waals surface area (Å²) in [5, 5.41) is 0. The van der Waals surface area contributed by atoms with Crippen molar-refractivity contribution in [2.24, 2.45) is 11.7 Å². The van der Waals surface area contributed by atoms with Gasteiger partial charge in [0.05, 0.1) is 6.61 Å². The van der Waals surface area contributed by atoms with Crippen molar-refractivity contribution in [1.29, 1.82) is 0 Å². The normalized spacial score (nSPS) is 13.6. The molecule has 1 radical (unpaired) electrons. The van der Waals surface area contributed by atoms with Crippen molar-refractivity contribution in [1.82, 2.24) is 0 Å². The predicted molar refractivity (Wildman–Crippen MR) is 48.4 cm³/mol. The van der Waals surface area contributed by atoms with Gasteiger partial charge in [0.15, 0.2) is 0 Å². The lowest BCUT2D eigenvalue weighted by molar-refractivity contribution is -0.145. The molecule has 1 unspecified atom stereocenters. The van der Waals surface area contributed by atoms with Crippen molar-refractivity contribution in [2.75, 3.05) is 6.61 Å². The van der Waals surface area contributed by atoms with Gasteiger partial charge < -0.3 is 10.5 Å². The van der Waals surface area contributed by atoms with E-state index in [2.05, 4.69) is 0 Å². The summed E-state index contributed by atoms with van der Waals surface area (Å²) < 4.78 is 4.93. The molecule has 0 aromatic rings. The van der Waals surface area contributed by atoms with Crippen molar-refractivity contribution >= 4 is 5.97 Å². The van der Waals surface area contributed by atoms with E-state index in [4.69, 9.17) is 10.5 Å². The van der Waals surface area contributed by atoms with Crippen molar-refractivity contribution in [2.45, 2.75) is 33.7 Å². The topological polar surface area (TPSA) is 52.3 Å². The average molecular weight is 172 g/mol. The van der Waals surface area contributed by atoms with Crippen LogP contribution in [-0.2, 0) is 9.53 Å². The number of carbonyl (C=O) groups is 1. The molecule has 0 aromatic carbocycles. The van der Waals surface area contributed by atoms with Crippen LogP contribution in [0.2, 0.25) is 0 Å². The van der Waals surface area contributed by atoms with E-state index in [-0.39, 0.29) is 11.9 Å². The monoisotopic (exact) mass is 172 g/mol. The van der Waals surface area contributed by atoms with Crippen LogP contribution >= 0.6 is 0 Å². The molecule has 71 valence electrons. The Bertz CT molecular complexity index is 143. The number of ether oxygens (including phenoxy) is 1. The van der Waals surface area contributed by atoms with Crippen LogP contribution in [0, 0.1) is 11.8 Å². The summed E-state index contributed by atoms with van der Waals surface area (Å²) in [7, 11) is 0. The van der Waals surface area contributed by atoms with Crippen molar-refractivity contribution in [3.8, 4) is 0 Å². The lowest BCUT2D eigenvalue weighted by atomic mass is 10.1. The maximum Gasteiger partial charge on any atom is 0.323 e. The quantitative estimate of drug-likeness (QED) is 0.647. The van der Waals surface area contributed by atoms with Crippen molar-refractivity contribution in [3.05, 3.63) is 5.92 Å². The fourth-order valence-corrected chi connectivity index (χ4v) is 0.584. The minimum absolute atomic E-state index is 0.134. The average Bonchev–Trinajstić information content (AvgIpc) is 1.98. The molecule has 0 saturated heterocycles. The van der Waals surface area contributed by atoms with Gasteiger partial charge in [0.2, 0.25) is 0 Å². The molecule has 0 aliphatic heterocycles. The highest BCUT2D eigenvalue weighted by molar-refractivity contribution is 5.75. The van der Waals surface area contributed by atoms with Crippen LogP contribution in [0.5, 0.6) is 0 Å². The Morgan fingerprint density at radius 1 is 1.42 bits per heavy atom. The maximum atomic E-state index is 11.1. The molecular weight excluding hydrogens is 154 g/mol. The molecule has 3 nitrogen and oxygen atoms in total. The Kier molecular flexibility index (Phi) is 4.90. The Morgan fingerprint density at radius 2 is 1.92 bits per heavy atom. The highest BCUT2D eigenvalue weighted by atomic mass is 16.5. The summed E-state index contributed by atoms with van der Waals surface area (Å²) >= 11 is 0. The first-order chi connectivity index (χ1) is 5.45. The molecule has 0 rings (SSSR count). The molecule has 0 amide bonds. The third-order valence-electron chi connectivity index (χ3n) is 1.49. The van der Waals surface area contributed by atoms with Gasteiger partial charge in [-0.2, -0.15) is 0 Å². The number of esters is 1. The zero-order valence-electron chi connectivity index (χ0n) is 8.26. The molecule has 0 aliphatic carbocycles. The minimum atomic E-state index is -0.496. The van der Waals surface area contributed by atoms with Crippen LogP contribution in [0.1, 0.15) is 27.7 Å². The van der Waals surface area contributed by atoms with Crippen molar-refractivity contribution in [3.63, 3.8) is 0 Å². The zero-order chi connectivity index (χ0) is 9.72. The fraction of sp³-hybridized carbons (Fsp3) is 0.778. The van der Waals surface area contributed by atoms with Gasteiger partial charge in [-0.15, -0.1) is 0 Å². The number of carbonyl (C=O) groups excluding carboxylic acids is 1. The second-order valence-corrected chi connectivity index (χ2v) is 3.58. The molecule has 3 heteroatoms. The molecule has 0 fully saturated rings. The number of nitrogens with two attached hydrogens (primary N) is 1. The van der Waals surface area contributed by atoms with Gasteiger partial charge in [-0.05, 0) is 5.92 Å². The lowest BCUT2D eigenvalue weighted by Crippen LogP contribution is -2.37. The summed E-state index contributed by atoms with van der Waals surface area (Å²) in [6.07, 6.45) is 0. The van der Waals surface area contributed by atoms with Gasteiger partial charge in [0, 0.05) is 5.92 Å². The van der Waals surface area contributed by atoms with Crippen LogP contribution in [-0.4, -0.2) is 18.6 Å². The molecule has 2 N–H and O–H groups in total. The first-order valence-electron chi connectivity index (χ1n) is 4.16. The standard InChI is InChI=1S/C9H18NO2/c1-6(2)5-12-9(11)8(10)7(3)4/h7-8H,5,10H2,1-4H3. The number of rotatable bonds is 4. The second-order valence-electron chi connectivity index (χ2n) is 3.58. The summed E-state index contributed by atoms with van der Waals surface area (Å²) in [6, 6.07) is -0.496. The molecule has 1 atom stereocenters. The van der Waals surface area contributed by atoms with Crippen LogP contribution in [0.3, 0.4) is 0 Å². The predicted octanol–water partition coefficient (Wildman–Crippen LogP) is 1.13. The number of hydrogen-bond acceptors (Lipinski definition) is 3. The van der Waals surface area contributed by atoms with Crippen molar-refractivity contribution < 1.29 is 9.53 Å². The second kappa shape index (κ2) is 5.14. The highest BCUT2D eigenvalue weighted by Crippen LogP contribution is 2.02. The van der Waals surface area contributed by atoms with E-state index in [1.165, 1.54) is 0 Å². The zero-order valence-corrected chi connectivity index (χ0v) is 8.26. The van der Waals surface area contributed by atoms with E-state index in [1.54, 1.807) is 0 Å². The number of hydrogen-bond donors (Lipinski definition) is 1. The third kappa shape index (κ3) is 4.34. The van der Waals surface area contributed by atoms with E-state index in [0.717, 1.165) is 5.92 Å². The van der Waals surface area contributed by atoms with Crippen LogP contribution in [0.4, 0.5) is 0 Å². The van der Waals surface area contributed by atoms with Crippen LogP contribution in [0.25, 0.3) is 0 Å². The minimum Gasteiger partial charge on any atom is -0.464 e. The van der Waals surface area contributed by atoms with E-state index in [0.29, 0.717) is 6.61 Å². The fourth-order valence-electron chi connectivity index (χ4n) is 0.584. The Morgan fingerprint density at radius 3 is 2.25 bits per heavy atom. The first-order valence-corrected chi connectivity index (χ1v) is 4.16. The van der Waals surface area contributed by atoms with E-state index in [1.807, 2.05) is 27.7 Å². The van der Waals surface area contributed by atoms with E-state index >= 15 is 0 Å². The molecule has 0 bridgehead atoms. The van der Waals surface area contributed by atoms with Gasteiger partial charge in [-0.25, -0.2) is 0 Å². The van der Waals surface area contributed by atoms with Crippen LogP contribution < -0.4 is 5.73 Å². The third-order valence-corrected chi connectivity index (χ3v) is 1.49. The Labute approximate surface area is 74.3 Å². The Hall–Kier alpha value is -0.570. The first kappa shape index (κ1) is 11.4. The van der Waals surface area contributed by atoms with Gasteiger partial charge >= 0.3 is 5.97 Å². The maximum absolute atomic E-state index is 11.1. The molecular formula is C9H18NO2. The highest BCUT2D eigenvalue weighted by Gasteiger charge is 2.18. The van der Waals surface area contributed by atoms with Gasteiger partial charge in [0.1, 0.15) is 6.04 Å². The molecule has 0 saturated carbocycles. The Balaban J connectivity index is 3.72. The summed E-state index contributed by atoms with van der Waals surface area (Å²) in [4.78, 5) is 11.1. The lowest BCUT2D eigenvalue weighted by Gasteiger charge is -2.15. The summed E-state index contributed by atoms with van der Waals surface area (Å²) in [5.41, 5.74) is 5.56. The van der Waals surface area contributed by atoms with Gasteiger partial charge in [-0.1, -0.05) is 27.7 Å². The molecule has 12 heavy (non-hydrogen) atoms. The largest absolute Gasteiger partial charge is 0.464 e. The molecule has 0 heterocycles.